The van der Waals surface area contributed by atoms with Crippen LogP contribution in [0.4, 0.5) is 21.3 Å². The molecule has 6 heterocycles. The number of nitrogens with zero attached hydrogens (tertiary/aromatic N) is 7. The number of thiophene rings is 1. The molecule has 0 radical (unpaired) electrons. The Morgan fingerprint density at radius 1 is 1.15 bits per heavy atom. The molecular formula is C27H35FN8O3S. The molecule has 4 aliphatic heterocycles. The van der Waals surface area contributed by atoms with Crippen molar-refractivity contribution >= 4 is 28.2 Å². The average Bonchev–Trinajstić information content (AvgIpc) is 3.58. The minimum Gasteiger partial charge on any atom is -0.461 e. The summed E-state index contributed by atoms with van der Waals surface area (Å²) < 4.78 is 20.6. The molecule has 0 unspecified atom stereocenters. The Morgan fingerprint density at radius 2 is 1.93 bits per heavy atom. The number of aryl methyl sites for hydroxylation is 1. The maximum absolute atomic E-state index is 14.3. The van der Waals surface area contributed by atoms with Gasteiger partial charge in [-0.05, 0) is 44.7 Å². The van der Waals surface area contributed by atoms with Crippen LogP contribution in [0.15, 0.2) is 0 Å². The van der Waals surface area contributed by atoms with E-state index in [9.17, 15) is 19.9 Å². The summed E-state index contributed by atoms with van der Waals surface area (Å²) in [6, 6.07) is 2.47. The molecule has 7 rings (SSSR count). The third kappa shape index (κ3) is 4.19. The van der Waals surface area contributed by atoms with Gasteiger partial charge in [-0.25, -0.2) is 4.39 Å². The number of fused-ring (bicyclic) bond motifs is 3. The number of halogens is 1. The number of hydrogen-bond donors (Lipinski definition) is 3. The van der Waals surface area contributed by atoms with Crippen molar-refractivity contribution in [1.29, 1.82) is 5.26 Å². The van der Waals surface area contributed by atoms with Crippen LogP contribution in [0.1, 0.15) is 55.0 Å². The molecule has 13 heteroatoms. The van der Waals surface area contributed by atoms with Crippen molar-refractivity contribution in [2.45, 2.75) is 74.3 Å². The lowest BCUT2D eigenvalue weighted by atomic mass is 9.74. The highest BCUT2D eigenvalue weighted by atomic mass is 32.1. The van der Waals surface area contributed by atoms with Gasteiger partial charge >= 0.3 is 6.01 Å². The molecule has 5 aliphatic rings. The first kappa shape index (κ1) is 26.1. The number of rotatable bonds is 5. The van der Waals surface area contributed by atoms with Gasteiger partial charge in [0.05, 0.1) is 22.8 Å². The first-order valence-electron chi connectivity index (χ1n) is 14.1. The van der Waals surface area contributed by atoms with Crippen molar-refractivity contribution in [2.75, 3.05) is 61.4 Å². The SMILES string of the molecule is C[C@@]1(O)C[C@H](O)CN(c2nc(OC[C@@]34CCCN3C[C@H](F)C4)nc(N3CC4(CCc5sc(N)c(C#N)c54)C3)n2)C1. The van der Waals surface area contributed by atoms with E-state index in [4.69, 9.17) is 15.5 Å². The van der Waals surface area contributed by atoms with E-state index in [1.165, 1.54) is 16.2 Å². The summed E-state index contributed by atoms with van der Waals surface area (Å²) in [5, 5.41) is 31.5. The molecule has 2 aromatic heterocycles. The second-order valence-corrected chi connectivity index (χ2v) is 13.8. The molecule has 4 fully saturated rings. The first-order valence-corrected chi connectivity index (χ1v) is 14.9. The summed E-state index contributed by atoms with van der Waals surface area (Å²) in [7, 11) is 0. The Bertz CT molecular complexity index is 1370. The standard InChI is InChI=1S/C27H35FN8O3S/c1-25(38)8-17(37)11-34(12-25)22-31-23(33-24(32-22)39-15-27-4-2-6-36(27)10-16(28)7-27)35-13-26(14-35)5-3-19-20(26)18(9-29)21(30)40-19/h16-17,37-38H,2-8,10-15,30H2,1H3/t16-,17+,25-,27+/m1/s1. The van der Waals surface area contributed by atoms with Crippen molar-refractivity contribution in [2.24, 2.45) is 0 Å². The average molecular weight is 571 g/mol. The van der Waals surface area contributed by atoms with Crippen LogP contribution >= 0.6 is 11.3 Å². The highest BCUT2D eigenvalue weighted by molar-refractivity contribution is 7.16. The molecule has 1 aliphatic carbocycles. The van der Waals surface area contributed by atoms with E-state index in [1.807, 2.05) is 0 Å². The molecular weight excluding hydrogens is 535 g/mol. The van der Waals surface area contributed by atoms with E-state index in [2.05, 4.69) is 25.8 Å². The number of hydrogen-bond acceptors (Lipinski definition) is 12. The number of piperidine rings is 1. The molecule has 4 atom stereocenters. The van der Waals surface area contributed by atoms with E-state index >= 15 is 0 Å². The fourth-order valence-corrected chi connectivity index (χ4v) is 8.95. The van der Waals surface area contributed by atoms with Gasteiger partial charge in [-0.1, -0.05) is 0 Å². The van der Waals surface area contributed by atoms with Crippen LogP contribution in [0.5, 0.6) is 6.01 Å². The van der Waals surface area contributed by atoms with E-state index in [0.29, 0.717) is 55.1 Å². The molecule has 0 bridgehead atoms. The summed E-state index contributed by atoms with van der Waals surface area (Å²) in [4.78, 5) is 21.3. The lowest BCUT2D eigenvalue weighted by molar-refractivity contribution is -0.00843. The fraction of sp³-hybridized carbons (Fsp3) is 0.704. The molecule has 40 heavy (non-hydrogen) atoms. The summed E-state index contributed by atoms with van der Waals surface area (Å²) in [6.45, 7) is 5.14. The van der Waals surface area contributed by atoms with Gasteiger partial charge in [-0.15, -0.1) is 11.3 Å². The quantitative estimate of drug-likeness (QED) is 0.479. The number of alkyl halides is 1. The number of anilines is 3. The number of β-amino-alcohol motifs (C(OH)–C–C–N with tert-alkyl or cyclic N) is 2. The molecule has 214 valence electrons. The van der Waals surface area contributed by atoms with Gasteiger partial charge in [-0.3, -0.25) is 4.90 Å². The smallest absolute Gasteiger partial charge is 0.323 e. The molecule has 4 saturated heterocycles. The second-order valence-electron chi connectivity index (χ2n) is 12.7. The molecule has 0 amide bonds. The third-order valence-electron chi connectivity index (χ3n) is 9.49. The lowest BCUT2D eigenvalue weighted by Gasteiger charge is -2.48. The normalized spacial score (nSPS) is 32.7. The zero-order valence-electron chi connectivity index (χ0n) is 22.6. The predicted molar refractivity (Wildman–Crippen MR) is 147 cm³/mol. The van der Waals surface area contributed by atoms with Crippen LogP contribution in [0.3, 0.4) is 0 Å². The van der Waals surface area contributed by atoms with Gasteiger partial charge in [0, 0.05) is 55.9 Å². The Kier molecular flexibility index (Phi) is 5.95. The molecule has 11 nitrogen and oxygen atoms in total. The van der Waals surface area contributed by atoms with E-state index < -0.39 is 17.9 Å². The van der Waals surface area contributed by atoms with Crippen LogP contribution in [0, 0.1) is 11.3 Å². The topological polar surface area (TPSA) is 148 Å². The molecule has 4 N–H and O–H groups in total. The molecule has 0 aromatic carbocycles. The van der Waals surface area contributed by atoms with Crippen LogP contribution in [0.25, 0.3) is 0 Å². The second kappa shape index (κ2) is 9.11. The van der Waals surface area contributed by atoms with Crippen LogP contribution < -0.4 is 20.3 Å². The number of aliphatic hydroxyl groups is 2. The highest BCUT2D eigenvalue weighted by Gasteiger charge is 2.53. The van der Waals surface area contributed by atoms with Gasteiger partial charge in [0.1, 0.15) is 23.8 Å². The number of nitrogens with two attached hydrogens (primary N) is 1. The summed E-state index contributed by atoms with van der Waals surface area (Å²) in [5.41, 5.74) is 6.24. The highest BCUT2D eigenvalue weighted by Crippen LogP contribution is 2.52. The summed E-state index contributed by atoms with van der Waals surface area (Å²) in [6.07, 6.45) is 2.88. The number of nitriles is 1. The Labute approximate surface area is 236 Å². The Balaban J connectivity index is 1.18. The number of aliphatic hydroxyl groups excluding tert-OH is 1. The first-order chi connectivity index (χ1) is 19.1. The van der Waals surface area contributed by atoms with Crippen molar-refractivity contribution in [3.05, 3.63) is 16.0 Å². The molecule has 2 aromatic rings. The zero-order valence-corrected chi connectivity index (χ0v) is 23.5. The van der Waals surface area contributed by atoms with Crippen molar-refractivity contribution in [3.63, 3.8) is 0 Å². The van der Waals surface area contributed by atoms with Crippen molar-refractivity contribution < 1.29 is 19.3 Å². The number of nitrogen functional groups attached to an aromatic ring is 1. The third-order valence-corrected chi connectivity index (χ3v) is 10.6. The minimum atomic E-state index is -1.09. The van der Waals surface area contributed by atoms with Gasteiger partial charge < -0.3 is 30.5 Å². The maximum atomic E-state index is 14.3. The summed E-state index contributed by atoms with van der Waals surface area (Å²) >= 11 is 1.52. The van der Waals surface area contributed by atoms with E-state index in [0.717, 1.165) is 37.8 Å². The van der Waals surface area contributed by atoms with Gasteiger partial charge in [0.15, 0.2) is 0 Å². The largest absolute Gasteiger partial charge is 0.461 e. The fourth-order valence-electron chi connectivity index (χ4n) is 7.81. The van der Waals surface area contributed by atoms with Gasteiger partial charge in [0.2, 0.25) is 11.9 Å². The van der Waals surface area contributed by atoms with Crippen molar-refractivity contribution in [3.8, 4) is 12.1 Å². The number of ether oxygens (including phenoxy) is 1. The zero-order chi connectivity index (χ0) is 27.9. The van der Waals surface area contributed by atoms with Crippen LogP contribution in [-0.4, -0.2) is 99.4 Å². The molecule has 1 spiro atoms. The number of aromatic nitrogens is 3. The van der Waals surface area contributed by atoms with Crippen LogP contribution in [-0.2, 0) is 11.8 Å². The van der Waals surface area contributed by atoms with Gasteiger partial charge in [0.25, 0.3) is 0 Å². The summed E-state index contributed by atoms with van der Waals surface area (Å²) in [5.74, 6) is 0.788. The Morgan fingerprint density at radius 3 is 2.67 bits per heavy atom. The minimum absolute atomic E-state index is 0.156. The van der Waals surface area contributed by atoms with Crippen molar-refractivity contribution in [1.82, 2.24) is 19.9 Å². The predicted octanol–water partition coefficient (Wildman–Crippen LogP) is 1.37. The lowest BCUT2D eigenvalue weighted by Crippen LogP contribution is -2.59. The van der Waals surface area contributed by atoms with Crippen LogP contribution in [0.2, 0.25) is 0 Å². The maximum Gasteiger partial charge on any atom is 0.323 e. The molecule has 0 saturated carbocycles. The Hall–Kier alpha value is -2.79. The monoisotopic (exact) mass is 570 g/mol. The van der Waals surface area contributed by atoms with Gasteiger partial charge in [-0.2, -0.15) is 20.2 Å². The van der Waals surface area contributed by atoms with E-state index in [1.54, 1.807) is 11.8 Å². The van der Waals surface area contributed by atoms with E-state index in [-0.39, 0.29) is 36.5 Å².